The van der Waals surface area contributed by atoms with E-state index in [1.807, 2.05) is 17.4 Å². The number of hydrogen-bond donors (Lipinski definition) is 0. The van der Waals surface area contributed by atoms with Gasteiger partial charge >= 0.3 is 0 Å². The molecule has 0 saturated heterocycles. The Morgan fingerprint density at radius 1 is 0.447 bits per heavy atom. The minimum atomic E-state index is 0.997. The summed E-state index contributed by atoms with van der Waals surface area (Å²) < 4.78 is 5.04. The maximum atomic E-state index is 4.71. The van der Waals surface area contributed by atoms with Crippen molar-refractivity contribution in [3.63, 3.8) is 0 Å². The fourth-order valence-electron chi connectivity index (χ4n) is 5.40. The minimum Gasteiger partial charge on any atom is -0.235 e. The van der Waals surface area contributed by atoms with Gasteiger partial charge in [-0.3, -0.25) is 0 Å². The maximum absolute atomic E-state index is 4.71. The summed E-state index contributed by atoms with van der Waals surface area (Å²) in [6.45, 7) is 0. The fourth-order valence-corrected chi connectivity index (χ4v) is 7.78. The third kappa shape index (κ3) is 3.38. The minimum absolute atomic E-state index is 0.997. The second-order valence-electron chi connectivity index (χ2n) is 9.44. The highest BCUT2D eigenvalue weighted by Crippen LogP contribution is 2.42. The molecule has 0 aliphatic rings. The van der Waals surface area contributed by atoms with E-state index in [0.29, 0.717) is 0 Å². The van der Waals surface area contributed by atoms with Gasteiger partial charge in [0.2, 0.25) is 0 Å². The summed E-state index contributed by atoms with van der Waals surface area (Å²) in [5.74, 6) is 0. The smallest absolute Gasteiger partial charge is 0.116 e. The van der Waals surface area contributed by atoms with Gasteiger partial charge in [-0.2, -0.15) is 0 Å². The lowest BCUT2D eigenvalue weighted by atomic mass is 9.97. The molecule has 38 heavy (non-hydrogen) atoms. The first kappa shape index (κ1) is 21.7. The molecule has 0 amide bonds. The fraction of sp³-hybridized carbons (Fsp3) is 0. The second-order valence-corrected chi connectivity index (χ2v) is 11.5. The largest absolute Gasteiger partial charge is 0.235 e. The summed E-state index contributed by atoms with van der Waals surface area (Å²) in [5.41, 5.74) is 8.07. The molecule has 0 bridgehead atoms. The van der Waals surface area contributed by atoms with Crippen LogP contribution >= 0.6 is 22.7 Å². The van der Waals surface area contributed by atoms with E-state index in [1.165, 1.54) is 52.5 Å². The first-order chi connectivity index (χ1) is 18.8. The van der Waals surface area contributed by atoms with Crippen LogP contribution in [0, 0.1) is 0 Å². The van der Waals surface area contributed by atoms with Crippen molar-refractivity contribution in [3.8, 4) is 33.5 Å². The molecule has 2 nitrogen and oxygen atoms in total. The molecule has 4 heteroatoms. The van der Waals surface area contributed by atoms with E-state index >= 15 is 0 Å². The molecule has 178 valence electrons. The molecule has 0 saturated carbocycles. The molecule has 0 atom stereocenters. The Morgan fingerprint density at radius 3 is 2.11 bits per heavy atom. The highest BCUT2D eigenvalue weighted by atomic mass is 32.1. The summed E-state index contributed by atoms with van der Waals surface area (Å²) in [6, 6.07) is 41.4. The van der Waals surface area contributed by atoms with E-state index in [9.17, 15) is 0 Å². The van der Waals surface area contributed by atoms with Gasteiger partial charge in [0.1, 0.15) is 6.33 Å². The number of thiophene rings is 2. The van der Waals surface area contributed by atoms with E-state index in [4.69, 9.17) is 4.98 Å². The summed E-state index contributed by atoms with van der Waals surface area (Å²) in [4.78, 5) is 9.35. The van der Waals surface area contributed by atoms with Crippen molar-refractivity contribution in [2.75, 3.05) is 0 Å². The first-order valence-electron chi connectivity index (χ1n) is 12.6. The molecule has 3 heterocycles. The Morgan fingerprint density at radius 2 is 1.16 bits per heavy atom. The highest BCUT2D eigenvalue weighted by Gasteiger charge is 2.15. The Bertz CT molecular complexity index is 2140. The van der Waals surface area contributed by atoms with E-state index in [1.54, 1.807) is 17.7 Å². The van der Waals surface area contributed by atoms with Gasteiger partial charge in [0.15, 0.2) is 0 Å². The van der Waals surface area contributed by atoms with Crippen molar-refractivity contribution in [1.82, 2.24) is 9.97 Å². The summed E-state index contributed by atoms with van der Waals surface area (Å²) in [7, 11) is 0. The monoisotopic (exact) mass is 520 g/mol. The quantitative estimate of drug-likeness (QED) is 0.232. The number of aromatic nitrogens is 2. The van der Waals surface area contributed by atoms with Gasteiger partial charge in [0, 0.05) is 35.8 Å². The number of fused-ring (bicyclic) bond motifs is 6. The second kappa shape index (κ2) is 8.59. The van der Waals surface area contributed by atoms with Gasteiger partial charge < -0.3 is 0 Å². The molecule has 0 aliphatic heterocycles. The molecule has 5 aromatic carbocycles. The van der Waals surface area contributed by atoms with Crippen LogP contribution in [0.3, 0.4) is 0 Å². The van der Waals surface area contributed by atoms with E-state index < -0.39 is 0 Å². The zero-order valence-electron chi connectivity index (χ0n) is 20.3. The zero-order chi connectivity index (χ0) is 25.1. The van der Waals surface area contributed by atoms with Gasteiger partial charge in [0.05, 0.1) is 15.9 Å². The first-order valence-corrected chi connectivity index (χ1v) is 14.2. The van der Waals surface area contributed by atoms with Crippen LogP contribution in [0.15, 0.2) is 122 Å². The maximum Gasteiger partial charge on any atom is 0.116 e. The van der Waals surface area contributed by atoms with E-state index in [0.717, 1.165) is 21.5 Å². The average molecular weight is 521 g/mol. The highest BCUT2D eigenvalue weighted by molar-refractivity contribution is 7.26. The van der Waals surface area contributed by atoms with Crippen LogP contribution in [-0.4, -0.2) is 9.97 Å². The van der Waals surface area contributed by atoms with Gasteiger partial charge in [-0.25, -0.2) is 9.97 Å². The molecule has 0 aliphatic carbocycles. The van der Waals surface area contributed by atoms with Gasteiger partial charge in [-0.15, -0.1) is 22.7 Å². The summed E-state index contributed by atoms with van der Waals surface area (Å²) >= 11 is 3.64. The molecule has 0 N–H and O–H groups in total. The molecule has 0 unspecified atom stereocenters. The van der Waals surface area contributed by atoms with Crippen molar-refractivity contribution < 1.29 is 0 Å². The van der Waals surface area contributed by atoms with Crippen LogP contribution in [0.5, 0.6) is 0 Å². The molecule has 0 spiro atoms. The topological polar surface area (TPSA) is 25.8 Å². The molecule has 3 aromatic heterocycles. The zero-order valence-corrected chi connectivity index (χ0v) is 21.9. The predicted octanol–water partition coefficient (Wildman–Crippen LogP) is 10.2. The SMILES string of the molecule is c1ccc(-c2ncnc3c2sc2ccc(-c4cccc(-c5cccc6c5sc5ccccc56)c4)cc23)cc1. The van der Waals surface area contributed by atoms with Gasteiger partial charge in [-0.1, -0.05) is 91.0 Å². The Kier molecular flexibility index (Phi) is 4.90. The number of hydrogen-bond acceptors (Lipinski definition) is 4. The van der Waals surface area contributed by atoms with Gasteiger partial charge in [-0.05, 0) is 46.5 Å². The van der Waals surface area contributed by atoms with Crippen molar-refractivity contribution in [1.29, 1.82) is 0 Å². The molecular formula is C34H20N2S2. The van der Waals surface area contributed by atoms with Crippen molar-refractivity contribution in [2.24, 2.45) is 0 Å². The van der Waals surface area contributed by atoms with Crippen LogP contribution in [0.25, 0.3) is 74.0 Å². The third-order valence-electron chi connectivity index (χ3n) is 7.21. The normalized spacial score (nSPS) is 11.7. The van der Waals surface area contributed by atoms with Crippen molar-refractivity contribution in [3.05, 3.63) is 122 Å². The van der Waals surface area contributed by atoms with Crippen molar-refractivity contribution in [2.45, 2.75) is 0 Å². The third-order valence-corrected chi connectivity index (χ3v) is 9.60. The Balaban J connectivity index is 1.27. The molecule has 8 aromatic rings. The summed E-state index contributed by atoms with van der Waals surface area (Å²) in [6.07, 6.45) is 1.69. The standard InChI is InChI=1S/C34H20N2S2/c1-2-8-21(9-3-1)31-34-32(36-20-35-31)28-19-23(16-17-30(28)38-34)22-10-6-11-24(18-22)25-13-7-14-27-26-12-4-5-15-29(26)37-33(25)27/h1-20H. The molecule has 8 rings (SSSR count). The van der Waals surface area contributed by atoms with Crippen molar-refractivity contribution >= 4 is 63.1 Å². The molecule has 0 fully saturated rings. The van der Waals surface area contributed by atoms with Crippen LogP contribution in [0.2, 0.25) is 0 Å². The average Bonchev–Trinajstić information content (AvgIpc) is 3.56. The van der Waals surface area contributed by atoms with E-state index in [2.05, 4.69) is 114 Å². The molecule has 0 radical (unpaired) electrons. The Hall–Kier alpha value is -4.38. The number of rotatable bonds is 3. The number of benzene rings is 5. The lowest BCUT2D eigenvalue weighted by Crippen LogP contribution is -1.85. The number of nitrogens with zero attached hydrogens (tertiary/aromatic N) is 2. The Labute approximate surface area is 227 Å². The van der Waals surface area contributed by atoms with Gasteiger partial charge in [0.25, 0.3) is 0 Å². The van der Waals surface area contributed by atoms with Crippen LogP contribution in [-0.2, 0) is 0 Å². The van der Waals surface area contributed by atoms with Crippen LogP contribution in [0.1, 0.15) is 0 Å². The van der Waals surface area contributed by atoms with E-state index in [-0.39, 0.29) is 0 Å². The van der Waals surface area contributed by atoms with Crippen LogP contribution in [0.4, 0.5) is 0 Å². The molecular weight excluding hydrogens is 501 g/mol. The summed E-state index contributed by atoms with van der Waals surface area (Å²) in [5, 5.41) is 3.84. The predicted molar refractivity (Wildman–Crippen MR) is 164 cm³/mol. The lowest BCUT2D eigenvalue weighted by Gasteiger charge is -2.08. The van der Waals surface area contributed by atoms with Crippen LogP contribution < -0.4 is 0 Å². The lowest BCUT2D eigenvalue weighted by molar-refractivity contribution is 1.24.